The van der Waals surface area contributed by atoms with Gasteiger partial charge >= 0.3 is 0 Å². The van der Waals surface area contributed by atoms with E-state index in [0.717, 1.165) is 0 Å². The van der Waals surface area contributed by atoms with Gasteiger partial charge in [0.15, 0.2) is 0 Å². The molecular formula is C14H8OS2. The fourth-order valence-electron chi connectivity index (χ4n) is 2.19. The summed E-state index contributed by atoms with van der Waals surface area (Å²) in [5.74, 6) is 0.342. The summed E-state index contributed by atoms with van der Waals surface area (Å²) in [7, 11) is 0. The molecule has 0 spiro atoms. The average molecular weight is 256 g/mol. The second kappa shape index (κ2) is 3.22. The van der Waals surface area contributed by atoms with E-state index in [9.17, 15) is 5.11 Å². The molecule has 2 aromatic carbocycles. The highest BCUT2D eigenvalue weighted by Crippen LogP contribution is 2.44. The first-order valence-electron chi connectivity index (χ1n) is 5.36. The quantitative estimate of drug-likeness (QED) is 0.470. The SMILES string of the molecule is Oc1ccc2sc3c4ccccc4sc3c2c1. The summed E-state index contributed by atoms with van der Waals surface area (Å²) in [6.45, 7) is 0. The largest absolute Gasteiger partial charge is 0.508 e. The molecule has 0 aliphatic heterocycles. The van der Waals surface area contributed by atoms with Gasteiger partial charge in [-0.05, 0) is 24.3 Å². The summed E-state index contributed by atoms with van der Waals surface area (Å²) in [5, 5.41) is 12.1. The summed E-state index contributed by atoms with van der Waals surface area (Å²) in [4.78, 5) is 0. The normalized spacial score (nSPS) is 11.8. The number of aromatic hydroxyl groups is 1. The number of phenolic OH excluding ortho intramolecular Hbond substituents is 1. The maximum atomic E-state index is 9.59. The van der Waals surface area contributed by atoms with Crippen LogP contribution in [0.15, 0.2) is 42.5 Å². The third-order valence-corrected chi connectivity index (χ3v) is 5.51. The molecular weight excluding hydrogens is 248 g/mol. The minimum Gasteiger partial charge on any atom is -0.508 e. The van der Waals surface area contributed by atoms with Crippen molar-refractivity contribution >= 4 is 52.2 Å². The van der Waals surface area contributed by atoms with Crippen molar-refractivity contribution < 1.29 is 5.11 Å². The first kappa shape index (κ1) is 9.45. The molecule has 0 fully saturated rings. The third kappa shape index (κ3) is 1.24. The van der Waals surface area contributed by atoms with Crippen molar-refractivity contribution in [2.75, 3.05) is 0 Å². The van der Waals surface area contributed by atoms with Crippen LogP contribution < -0.4 is 0 Å². The van der Waals surface area contributed by atoms with Gasteiger partial charge in [-0.2, -0.15) is 0 Å². The van der Waals surface area contributed by atoms with Gasteiger partial charge in [0.1, 0.15) is 5.75 Å². The molecule has 0 unspecified atom stereocenters. The zero-order valence-electron chi connectivity index (χ0n) is 8.81. The number of benzene rings is 2. The van der Waals surface area contributed by atoms with Crippen LogP contribution in [-0.4, -0.2) is 5.11 Å². The predicted molar refractivity (Wildman–Crippen MR) is 76.4 cm³/mol. The molecule has 0 amide bonds. The topological polar surface area (TPSA) is 20.2 Å². The maximum Gasteiger partial charge on any atom is 0.116 e. The van der Waals surface area contributed by atoms with Gasteiger partial charge in [-0.25, -0.2) is 0 Å². The zero-order valence-corrected chi connectivity index (χ0v) is 10.4. The minimum absolute atomic E-state index is 0.342. The Hall–Kier alpha value is -1.58. The van der Waals surface area contributed by atoms with Gasteiger partial charge in [0, 0.05) is 20.2 Å². The molecule has 0 bridgehead atoms. The Labute approximate surface area is 106 Å². The van der Waals surface area contributed by atoms with Gasteiger partial charge in [0.2, 0.25) is 0 Å². The summed E-state index contributed by atoms with van der Waals surface area (Å²) < 4.78 is 5.20. The number of fused-ring (bicyclic) bond motifs is 5. The van der Waals surface area contributed by atoms with Crippen molar-refractivity contribution in [3.8, 4) is 5.75 Å². The van der Waals surface area contributed by atoms with E-state index < -0.39 is 0 Å². The molecule has 0 radical (unpaired) electrons. The number of hydrogen-bond donors (Lipinski definition) is 1. The van der Waals surface area contributed by atoms with Gasteiger partial charge in [-0.3, -0.25) is 0 Å². The lowest BCUT2D eigenvalue weighted by Crippen LogP contribution is -1.63. The molecule has 0 saturated carbocycles. The Balaban J connectivity index is 2.30. The highest BCUT2D eigenvalue weighted by molar-refractivity contribution is 7.36. The van der Waals surface area contributed by atoms with E-state index in [4.69, 9.17) is 0 Å². The molecule has 2 aromatic heterocycles. The summed E-state index contributed by atoms with van der Waals surface area (Å²) in [6.07, 6.45) is 0. The van der Waals surface area contributed by atoms with E-state index in [-0.39, 0.29) is 0 Å². The van der Waals surface area contributed by atoms with Gasteiger partial charge < -0.3 is 5.11 Å². The Bertz CT molecular complexity index is 854. The molecule has 1 nitrogen and oxygen atoms in total. The standard InChI is InChI=1S/C14H8OS2/c15-8-5-6-12-10(7-8)14-13(17-12)9-3-1-2-4-11(9)16-14/h1-7,15H. The van der Waals surface area contributed by atoms with Crippen LogP contribution in [0.5, 0.6) is 5.75 Å². The Kier molecular flexibility index (Phi) is 1.79. The lowest BCUT2D eigenvalue weighted by atomic mass is 10.2. The van der Waals surface area contributed by atoms with Crippen LogP contribution in [0.4, 0.5) is 0 Å². The monoisotopic (exact) mass is 256 g/mol. The second-order valence-corrected chi connectivity index (χ2v) is 6.14. The molecule has 0 saturated heterocycles. The maximum absolute atomic E-state index is 9.59. The average Bonchev–Trinajstić information content (AvgIpc) is 2.85. The Morgan fingerprint density at radius 2 is 1.47 bits per heavy atom. The highest BCUT2D eigenvalue weighted by Gasteiger charge is 2.11. The van der Waals surface area contributed by atoms with Crippen molar-refractivity contribution in [1.82, 2.24) is 0 Å². The van der Waals surface area contributed by atoms with Crippen molar-refractivity contribution in [1.29, 1.82) is 0 Å². The molecule has 0 atom stereocenters. The Morgan fingerprint density at radius 3 is 2.35 bits per heavy atom. The molecule has 17 heavy (non-hydrogen) atoms. The summed E-state index contributed by atoms with van der Waals surface area (Å²) in [6, 6.07) is 14.1. The Morgan fingerprint density at radius 1 is 0.765 bits per heavy atom. The number of rotatable bonds is 0. The zero-order chi connectivity index (χ0) is 11.4. The number of thiophene rings is 2. The number of phenols is 1. The molecule has 82 valence electrons. The molecule has 4 aromatic rings. The van der Waals surface area contributed by atoms with E-state index in [1.807, 2.05) is 12.1 Å². The van der Waals surface area contributed by atoms with Gasteiger partial charge in [-0.1, -0.05) is 18.2 Å². The molecule has 1 N–H and O–H groups in total. The van der Waals surface area contributed by atoms with Gasteiger partial charge in [-0.15, -0.1) is 22.7 Å². The minimum atomic E-state index is 0.342. The van der Waals surface area contributed by atoms with Crippen LogP contribution in [0.25, 0.3) is 29.6 Å². The molecule has 2 heterocycles. The van der Waals surface area contributed by atoms with Gasteiger partial charge in [0.05, 0.1) is 9.40 Å². The number of hydrogen-bond acceptors (Lipinski definition) is 3. The fraction of sp³-hybridized carbons (Fsp3) is 0. The first-order chi connectivity index (χ1) is 8.33. The molecule has 4 rings (SSSR count). The second-order valence-electron chi connectivity index (χ2n) is 4.04. The van der Waals surface area contributed by atoms with Crippen LogP contribution in [0.3, 0.4) is 0 Å². The van der Waals surface area contributed by atoms with Crippen molar-refractivity contribution in [3.05, 3.63) is 42.5 Å². The lowest BCUT2D eigenvalue weighted by molar-refractivity contribution is 0.476. The van der Waals surface area contributed by atoms with Crippen molar-refractivity contribution in [2.24, 2.45) is 0 Å². The van der Waals surface area contributed by atoms with E-state index in [1.165, 1.54) is 29.6 Å². The first-order valence-corrected chi connectivity index (χ1v) is 6.99. The summed E-state index contributed by atoms with van der Waals surface area (Å²) >= 11 is 3.61. The highest BCUT2D eigenvalue weighted by atomic mass is 32.1. The fourth-order valence-corrected chi connectivity index (χ4v) is 4.82. The van der Waals surface area contributed by atoms with E-state index in [0.29, 0.717) is 5.75 Å². The van der Waals surface area contributed by atoms with E-state index >= 15 is 0 Å². The molecule has 0 aliphatic carbocycles. The predicted octanol–water partition coefficient (Wildman–Crippen LogP) is 4.97. The van der Waals surface area contributed by atoms with Crippen LogP contribution in [0.2, 0.25) is 0 Å². The van der Waals surface area contributed by atoms with Crippen LogP contribution in [0, 0.1) is 0 Å². The summed E-state index contributed by atoms with van der Waals surface area (Å²) in [5.41, 5.74) is 0. The van der Waals surface area contributed by atoms with Crippen LogP contribution >= 0.6 is 22.7 Å². The van der Waals surface area contributed by atoms with Crippen molar-refractivity contribution in [3.63, 3.8) is 0 Å². The van der Waals surface area contributed by atoms with Crippen molar-refractivity contribution in [2.45, 2.75) is 0 Å². The smallest absolute Gasteiger partial charge is 0.116 e. The molecule has 0 aliphatic rings. The van der Waals surface area contributed by atoms with Gasteiger partial charge in [0.25, 0.3) is 0 Å². The van der Waals surface area contributed by atoms with E-state index in [2.05, 4.69) is 24.3 Å². The third-order valence-electron chi connectivity index (χ3n) is 2.97. The van der Waals surface area contributed by atoms with Crippen LogP contribution in [0.1, 0.15) is 0 Å². The van der Waals surface area contributed by atoms with E-state index in [1.54, 1.807) is 28.7 Å². The van der Waals surface area contributed by atoms with Crippen LogP contribution in [-0.2, 0) is 0 Å². The lowest BCUT2D eigenvalue weighted by Gasteiger charge is -1.91. The molecule has 3 heteroatoms.